The van der Waals surface area contributed by atoms with Gasteiger partial charge in [-0.15, -0.1) is 11.3 Å². The predicted molar refractivity (Wildman–Crippen MR) is 140 cm³/mol. The first-order chi connectivity index (χ1) is 17.7. The third kappa shape index (κ3) is 8.16. The maximum absolute atomic E-state index is 13.4. The highest BCUT2D eigenvalue weighted by Crippen LogP contribution is 2.49. The third-order valence-corrected chi connectivity index (χ3v) is 7.73. The summed E-state index contributed by atoms with van der Waals surface area (Å²) in [5, 5.41) is 17.5. The van der Waals surface area contributed by atoms with Crippen molar-refractivity contribution < 1.29 is 29.0 Å². The number of thiazole rings is 1. The van der Waals surface area contributed by atoms with Crippen LogP contribution >= 0.6 is 11.3 Å². The second-order valence-corrected chi connectivity index (χ2v) is 11.2. The van der Waals surface area contributed by atoms with E-state index in [-0.39, 0.29) is 36.7 Å². The fraction of sp³-hybridized carbons (Fsp3) is 0.556. The van der Waals surface area contributed by atoms with Crippen LogP contribution in [0.3, 0.4) is 0 Å². The molecular weight excluding hydrogens is 494 g/mol. The van der Waals surface area contributed by atoms with Gasteiger partial charge in [0.05, 0.1) is 42.5 Å². The van der Waals surface area contributed by atoms with E-state index in [0.29, 0.717) is 11.3 Å². The molecule has 2 unspecified atom stereocenters. The molecule has 9 nitrogen and oxygen atoms in total. The van der Waals surface area contributed by atoms with E-state index in [1.165, 1.54) is 31.8 Å². The number of nitrogens with zero attached hydrogens (tertiary/aromatic N) is 1. The van der Waals surface area contributed by atoms with Crippen LogP contribution in [-0.2, 0) is 25.5 Å². The molecule has 0 bridgehead atoms. The number of aryl methyl sites for hydroxylation is 1. The average Bonchev–Trinajstić information content (AvgIpc) is 3.48. The fourth-order valence-electron chi connectivity index (χ4n) is 4.28. The number of Topliss-reactive ketones (excluding diaryl/α,β-unsaturated/α-hetero) is 1. The van der Waals surface area contributed by atoms with Gasteiger partial charge in [0.1, 0.15) is 10.9 Å². The molecule has 0 saturated heterocycles. The molecule has 1 aromatic carbocycles. The summed E-state index contributed by atoms with van der Waals surface area (Å²) in [7, 11) is 2.91. The van der Waals surface area contributed by atoms with Gasteiger partial charge in [-0.05, 0) is 37.2 Å². The minimum absolute atomic E-state index is 0.0185. The number of aliphatic hydroxyl groups excluding tert-OH is 1. The van der Waals surface area contributed by atoms with Gasteiger partial charge in [0.25, 0.3) is 5.91 Å². The molecule has 3 rings (SSSR count). The van der Waals surface area contributed by atoms with Gasteiger partial charge >= 0.3 is 0 Å². The summed E-state index contributed by atoms with van der Waals surface area (Å²) in [6.07, 6.45) is 2.84. The zero-order chi connectivity index (χ0) is 27.0. The topological polar surface area (TPSA) is 127 Å². The number of methoxy groups -OCH3 is 2. The van der Waals surface area contributed by atoms with Gasteiger partial charge in [-0.2, -0.15) is 0 Å². The number of ketones is 1. The molecule has 2 aromatic rings. The zero-order valence-electron chi connectivity index (χ0n) is 21.9. The zero-order valence-corrected chi connectivity index (χ0v) is 22.7. The Morgan fingerprint density at radius 2 is 1.78 bits per heavy atom. The molecule has 202 valence electrons. The minimum atomic E-state index is -0.928. The number of ether oxygens (including phenoxy) is 2. The van der Waals surface area contributed by atoms with Crippen LogP contribution < -0.4 is 10.6 Å². The molecule has 1 heterocycles. The molecule has 2 amide bonds. The van der Waals surface area contributed by atoms with E-state index in [4.69, 9.17) is 9.47 Å². The maximum atomic E-state index is 13.4. The molecule has 1 saturated carbocycles. The molecule has 37 heavy (non-hydrogen) atoms. The van der Waals surface area contributed by atoms with Gasteiger partial charge in [0.2, 0.25) is 5.91 Å². The van der Waals surface area contributed by atoms with E-state index < -0.39 is 30.0 Å². The molecule has 4 atom stereocenters. The van der Waals surface area contributed by atoms with E-state index in [9.17, 15) is 19.5 Å². The predicted octanol–water partition coefficient (Wildman–Crippen LogP) is 2.31. The number of nitrogens with one attached hydrogen (secondary N) is 2. The van der Waals surface area contributed by atoms with Crippen LogP contribution in [0.4, 0.5) is 0 Å². The van der Waals surface area contributed by atoms with E-state index in [1.54, 1.807) is 6.92 Å². The lowest BCUT2D eigenvalue weighted by molar-refractivity contribution is -0.133. The Labute approximate surface area is 222 Å². The van der Waals surface area contributed by atoms with Gasteiger partial charge in [-0.3, -0.25) is 14.4 Å². The van der Waals surface area contributed by atoms with Crippen molar-refractivity contribution in [1.29, 1.82) is 0 Å². The molecule has 1 aliphatic rings. The van der Waals surface area contributed by atoms with Gasteiger partial charge < -0.3 is 25.2 Å². The molecule has 1 aromatic heterocycles. The van der Waals surface area contributed by atoms with E-state index in [2.05, 4.69) is 15.6 Å². The second kappa shape index (κ2) is 13.2. The van der Waals surface area contributed by atoms with Gasteiger partial charge in [-0.1, -0.05) is 37.3 Å². The van der Waals surface area contributed by atoms with Crippen molar-refractivity contribution in [3.8, 4) is 0 Å². The van der Waals surface area contributed by atoms with E-state index >= 15 is 0 Å². The Morgan fingerprint density at radius 1 is 1.11 bits per heavy atom. The van der Waals surface area contributed by atoms with Crippen molar-refractivity contribution in [2.24, 2.45) is 11.3 Å². The molecule has 3 N–H and O–H groups in total. The van der Waals surface area contributed by atoms with Crippen LogP contribution in [0.15, 0.2) is 36.5 Å². The summed E-state index contributed by atoms with van der Waals surface area (Å²) < 4.78 is 10.4. The fourth-order valence-corrected chi connectivity index (χ4v) is 4.96. The number of aromatic nitrogens is 1. The molecule has 1 fully saturated rings. The van der Waals surface area contributed by atoms with Crippen LogP contribution in [0.5, 0.6) is 0 Å². The minimum Gasteiger partial charge on any atom is -0.390 e. The number of hydrogen-bond donors (Lipinski definition) is 3. The average molecular weight is 532 g/mol. The highest BCUT2D eigenvalue weighted by atomic mass is 32.1. The second-order valence-electron chi connectivity index (χ2n) is 9.95. The summed E-state index contributed by atoms with van der Waals surface area (Å²) in [4.78, 5) is 43.6. The lowest BCUT2D eigenvalue weighted by Crippen LogP contribution is -2.51. The first-order valence-corrected chi connectivity index (χ1v) is 13.2. The quantitative estimate of drug-likeness (QED) is 0.322. The van der Waals surface area contributed by atoms with Crippen LogP contribution in [0.2, 0.25) is 0 Å². The van der Waals surface area contributed by atoms with E-state index in [0.717, 1.165) is 23.4 Å². The Kier molecular flexibility index (Phi) is 10.3. The standard InChI is InChI=1S/C27H37N3O6S/c1-17-28-14-23(37-17)26(34)30-21(16-36-4)22(31)13-19(15-35-3)25(33)29-20(24(32)27(2)10-11-27)12-18-8-6-5-7-9-18/h5-9,14,19-21,24,32H,10-13,15-16H2,1-4H3,(H,29,33)(H,30,34)/t19?,20-,21-,24?/m0/s1. The summed E-state index contributed by atoms with van der Waals surface area (Å²) in [5.41, 5.74) is 0.763. The lowest BCUT2D eigenvalue weighted by Gasteiger charge is -2.30. The number of hydrogen-bond acceptors (Lipinski definition) is 8. The lowest BCUT2D eigenvalue weighted by atomic mass is 9.89. The summed E-state index contributed by atoms with van der Waals surface area (Å²) in [6.45, 7) is 3.79. The van der Waals surface area contributed by atoms with Crippen molar-refractivity contribution in [2.45, 2.75) is 57.7 Å². The maximum Gasteiger partial charge on any atom is 0.263 e. The molecule has 0 spiro atoms. The Morgan fingerprint density at radius 3 is 2.35 bits per heavy atom. The number of rotatable bonds is 15. The largest absolute Gasteiger partial charge is 0.390 e. The third-order valence-electron chi connectivity index (χ3n) is 6.82. The van der Waals surface area contributed by atoms with Crippen molar-refractivity contribution in [3.63, 3.8) is 0 Å². The van der Waals surface area contributed by atoms with Crippen molar-refractivity contribution >= 4 is 28.9 Å². The van der Waals surface area contributed by atoms with Crippen LogP contribution in [0.1, 0.15) is 46.4 Å². The van der Waals surface area contributed by atoms with Crippen molar-refractivity contribution in [2.75, 3.05) is 27.4 Å². The molecule has 0 aliphatic heterocycles. The van der Waals surface area contributed by atoms with Gasteiger partial charge in [-0.25, -0.2) is 4.98 Å². The molecule has 10 heteroatoms. The number of carbonyl (C=O) groups excluding carboxylic acids is 3. The number of carbonyl (C=O) groups is 3. The summed E-state index contributed by atoms with van der Waals surface area (Å²) >= 11 is 1.23. The summed E-state index contributed by atoms with van der Waals surface area (Å²) in [6, 6.07) is 8.23. The normalized spacial score (nSPS) is 17.3. The number of aliphatic hydroxyl groups is 1. The van der Waals surface area contributed by atoms with Gasteiger partial charge in [0, 0.05) is 20.6 Å². The van der Waals surface area contributed by atoms with Gasteiger partial charge in [0.15, 0.2) is 5.78 Å². The molecular formula is C27H37N3O6S. The van der Waals surface area contributed by atoms with Crippen LogP contribution in [0, 0.1) is 18.3 Å². The number of benzene rings is 1. The van der Waals surface area contributed by atoms with Crippen molar-refractivity contribution in [3.05, 3.63) is 52.0 Å². The Hall–Kier alpha value is -2.66. The SMILES string of the molecule is COCC(CC(=O)[C@H](COC)NC(=O)c1cnc(C)s1)C(=O)N[C@@H](Cc1ccccc1)C(O)C1(C)CC1. The number of amides is 2. The van der Waals surface area contributed by atoms with Crippen molar-refractivity contribution in [1.82, 2.24) is 15.6 Å². The Bertz CT molecular complexity index is 1060. The van der Waals surface area contributed by atoms with E-state index in [1.807, 2.05) is 37.3 Å². The molecule has 1 aliphatic carbocycles. The van der Waals surface area contributed by atoms with Crippen LogP contribution in [0.25, 0.3) is 0 Å². The summed E-state index contributed by atoms with van der Waals surface area (Å²) in [5.74, 6) is -1.93. The molecule has 0 radical (unpaired) electrons. The highest BCUT2D eigenvalue weighted by molar-refractivity contribution is 7.13. The monoisotopic (exact) mass is 531 g/mol. The smallest absolute Gasteiger partial charge is 0.263 e. The first kappa shape index (κ1) is 28.9. The first-order valence-electron chi connectivity index (χ1n) is 12.4. The van der Waals surface area contributed by atoms with Crippen LogP contribution in [-0.4, -0.2) is 73.3 Å². The highest BCUT2D eigenvalue weighted by Gasteiger charge is 2.48. The Balaban J connectivity index is 1.69.